The van der Waals surface area contributed by atoms with Crippen LogP contribution in [0.5, 0.6) is 0 Å². The minimum absolute atomic E-state index is 0.0265. The number of benzene rings is 1. The summed E-state index contributed by atoms with van der Waals surface area (Å²) < 4.78 is 12.9. The van der Waals surface area contributed by atoms with E-state index in [4.69, 9.17) is 0 Å². The molecule has 0 aliphatic rings. The molecule has 0 unspecified atom stereocenters. The molecule has 1 aromatic rings. The highest BCUT2D eigenvalue weighted by molar-refractivity contribution is 5.90. The normalized spacial score (nSPS) is 11.0. The average molecular weight is 434 g/mol. The summed E-state index contributed by atoms with van der Waals surface area (Å²) in [4.78, 5) is 11.9. The van der Waals surface area contributed by atoms with E-state index in [0.29, 0.717) is 12.1 Å². The molecule has 0 heterocycles. The van der Waals surface area contributed by atoms with Crippen LogP contribution in [0.4, 0.5) is 10.1 Å². The van der Waals surface area contributed by atoms with Crippen LogP contribution in [0.15, 0.2) is 24.3 Å². The summed E-state index contributed by atoms with van der Waals surface area (Å²) >= 11 is 0. The van der Waals surface area contributed by atoms with Crippen molar-refractivity contribution in [1.82, 2.24) is 0 Å². The first-order valence-corrected chi connectivity index (χ1v) is 13.3. The lowest BCUT2D eigenvalue weighted by Crippen LogP contribution is -2.10. The fraction of sp³-hybridized carbons (Fsp3) is 0.750. The summed E-state index contributed by atoms with van der Waals surface area (Å²) in [5.41, 5.74) is 0.671. The quantitative estimate of drug-likeness (QED) is 0.192. The molecule has 1 rings (SSSR count). The highest BCUT2D eigenvalue weighted by Gasteiger charge is 2.02. The molecule has 0 saturated heterocycles. The number of amides is 1. The molecule has 0 fully saturated rings. The molecule has 3 heteroatoms. The first-order valence-electron chi connectivity index (χ1n) is 13.3. The number of halogens is 1. The van der Waals surface area contributed by atoms with E-state index < -0.39 is 0 Å². The Bertz CT molecular complexity index is 528. The number of rotatable bonds is 21. The zero-order valence-corrected chi connectivity index (χ0v) is 20.2. The van der Waals surface area contributed by atoms with Crippen LogP contribution >= 0.6 is 0 Å². The molecule has 0 saturated carbocycles. The summed E-state index contributed by atoms with van der Waals surface area (Å²) in [6.45, 7) is 2.28. The number of carbonyl (C=O) groups is 1. The van der Waals surface area contributed by atoms with Crippen LogP contribution in [0.1, 0.15) is 135 Å². The molecule has 2 nitrogen and oxygen atoms in total. The zero-order chi connectivity index (χ0) is 22.4. The van der Waals surface area contributed by atoms with E-state index in [9.17, 15) is 9.18 Å². The van der Waals surface area contributed by atoms with Gasteiger partial charge in [0.15, 0.2) is 0 Å². The summed E-state index contributed by atoms with van der Waals surface area (Å²) in [5.74, 6) is -0.254. The Labute approximate surface area is 191 Å². The highest BCUT2D eigenvalue weighted by Crippen LogP contribution is 2.15. The van der Waals surface area contributed by atoms with Gasteiger partial charge in [-0.3, -0.25) is 4.79 Å². The van der Waals surface area contributed by atoms with Gasteiger partial charge in [-0.05, 0) is 30.7 Å². The van der Waals surface area contributed by atoms with Gasteiger partial charge < -0.3 is 5.32 Å². The molecule has 0 atom stereocenters. The lowest BCUT2D eigenvalue weighted by Gasteiger charge is -2.05. The van der Waals surface area contributed by atoms with Crippen molar-refractivity contribution in [3.63, 3.8) is 0 Å². The molecule has 0 radical (unpaired) electrons. The second-order valence-electron chi connectivity index (χ2n) is 9.17. The van der Waals surface area contributed by atoms with Crippen LogP contribution in [-0.2, 0) is 4.79 Å². The van der Waals surface area contributed by atoms with Crippen molar-refractivity contribution in [2.75, 3.05) is 5.32 Å². The lowest BCUT2D eigenvalue weighted by atomic mass is 10.0. The molecule has 1 N–H and O–H groups in total. The topological polar surface area (TPSA) is 29.1 Å². The van der Waals surface area contributed by atoms with Gasteiger partial charge in [-0.15, -0.1) is 0 Å². The van der Waals surface area contributed by atoms with Crippen LogP contribution < -0.4 is 5.32 Å². The van der Waals surface area contributed by atoms with Crippen molar-refractivity contribution in [3.05, 3.63) is 30.1 Å². The monoisotopic (exact) mass is 433 g/mol. The largest absolute Gasteiger partial charge is 0.326 e. The Balaban J connectivity index is 1.75. The molecule has 0 aliphatic heterocycles. The van der Waals surface area contributed by atoms with Gasteiger partial charge in [-0.2, -0.15) is 0 Å². The fourth-order valence-corrected chi connectivity index (χ4v) is 4.12. The van der Waals surface area contributed by atoms with Gasteiger partial charge in [-0.25, -0.2) is 4.39 Å². The predicted molar refractivity (Wildman–Crippen MR) is 133 cm³/mol. The van der Waals surface area contributed by atoms with Crippen molar-refractivity contribution in [3.8, 4) is 0 Å². The summed E-state index contributed by atoms with van der Waals surface area (Å²) in [5, 5.41) is 2.82. The van der Waals surface area contributed by atoms with E-state index >= 15 is 0 Å². The lowest BCUT2D eigenvalue weighted by molar-refractivity contribution is -0.116. The molecule has 178 valence electrons. The number of nitrogens with one attached hydrogen (secondary N) is 1. The molecular weight excluding hydrogens is 385 g/mol. The van der Waals surface area contributed by atoms with Gasteiger partial charge in [0.05, 0.1) is 0 Å². The van der Waals surface area contributed by atoms with E-state index in [-0.39, 0.29) is 11.7 Å². The van der Waals surface area contributed by atoms with Crippen molar-refractivity contribution in [2.24, 2.45) is 0 Å². The molecule has 31 heavy (non-hydrogen) atoms. The third-order valence-electron chi connectivity index (χ3n) is 6.14. The number of anilines is 1. The number of carbonyl (C=O) groups excluding carboxylic acids is 1. The highest BCUT2D eigenvalue weighted by atomic mass is 19.1. The third kappa shape index (κ3) is 17.9. The van der Waals surface area contributed by atoms with E-state index in [1.165, 1.54) is 121 Å². The molecule has 0 aromatic heterocycles. The van der Waals surface area contributed by atoms with Crippen molar-refractivity contribution >= 4 is 11.6 Å². The minimum atomic E-state index is -0.281. The summed E-state index contributed by atoms with van der Waals surface area (Å²) in [7, 11) is 0. The summed E-state index contributed by atoms with van der Waals surface area (Å²) in [6, 6.07) is 5.94. The number of unbranched alkanes of at least 4 members (excludes halogenated alkanes) is 18. The second-order valence-corrected chi connectivity index (χ2v) is 9.17. The molecular formula is C28H48FNO. The van der Waals surface area contributed by atoms with Gasteiger partial charge >= 0.3 is 0 Å². The first-order chi connectivity index (χ1) is 15.2. The van der Waals surface area contributed by atoms with Crippen LogP contribution in [0, 0.1) is 5.82 Å². The van der Waals surface area contributed by atoms with Gasteiger partial charge in [0.1, 0.15) is 5.82 Å². The van der Waals surface area contributed by atoms with Crippen molar-refractivity contribution < 1.29 is 9.18 Å². The molecule has 0 spiro atoms. The van der Waals surface area contributed by atoms with Crippen LogP contribution in [0.25, 0.3) is 0 Å². The van der Waals surface area contributed by atoms with Crippen molar-refractivity contribution in [2.45, 2.75) is 135 Å². The molecule has 0 bridgehead atoms. The van der Waals surface area contributed by atoms with E-state index in [1.54, 1.807) is 12.1 Å². The Morgan fingerprint density at radius 3 is 1.35 bits per heavy atom. The first kappa shape index (κ1) is 27.7. The van der Waals surface area contributed by atoms with Gasteiger partial charge in [-0.1, -0.05) is 122 Å². The average Bonchev–Trinajstić information content (AvgIpc) is 2.77. The van der Waals surface area contributed by atoms with Gasteiger partial charge in [0.2, 0.25) is 5.91 Å². The van der Waals surface area contributed by atoms with Crippen molar-refractivity contribution in [1.29, 1.82) is 0 Å². The molecule has 1 amide bonds. The number of hydrogen-bond donors (Lipinski definition) is 1. The summed E-state index contributed by atoms with van der Waals surface area (Å²) in [6.07, 6.45) is 26.3. The van der Waals surface area contributed by atoms with E-state index in [1.807, 2.05) is 0 Å². The van der Waals surface area contributed by atoms with Crippen LogP contribution in [-0.4, -0.2) is 5.91 Å². The molecule has 0 aliphatic carbocycles. The Morgan fingerprint density at radius 2 is 0.968 bits per heavy atom. The van der Waals surface area contributed by atoms with Gasteiger partial charge in [0.25, 0.3) is 0 Å². The predicted octanol–water partition coefficient (Wildman–Crippen LogP) is 9.59. The van der Waals surface area contributed by atoms with Crippen LogP contribution in [0.2, 0.25) is 0 Å². The maximum Gasteiger partial charge on any atom is 0.224 e. The Morgan fingerprint density at radius 1 is 0.613 bits per heavy atom. The standard InChI is InChI=1S/C28H48FNO/c1-2-3-4-5-6-7-8-9-10-11-12-13-14-15-16-17-18-19-20-21-28(31)30-27-24-22-26(29)23-25-27/h22-25H,2-21H2,1H3,(H,30,31). The Hall–Kier alpha value is -1.38. The zero-order valence-electron chi connectivity index (χ0n) is 20.2. The fourth-order valence-electron chi connectivity index (χ4n) is 4.12. The smallest absolute Gasteiger partial charge is 0.224 e. The number of hydrogen-bond acceptors (Lipinski definition) is 1. The SMILES string of the molecule is CCCCCCCCCCCCCCCCCCCCCC(=O)Nc1ccc(F)cc1. The minimum Gasteiger partial charge on any atom is -0.326 e. The third-order valence-corrected chi connectivity index (χ3v) is 6.14. The van der Waals surface area contributed by atoms with E-state index in [2.05, 4.69) is 12.2 Å². The molecule has 1 aromatic carbocycles. The van der Waals surface area contributed by atoms with Crippen LogP contribution in [0.3, 0.4) is 0 Å². The van der Waals surface area contributed by atoms with Gasteiger partial charge in [0, 0.05) is 12.1 Å². The maximum atomic E-state index is 12.9. The maximum absolute atomic E-state index is 12.9. The van der Waals surface area contributed by atoms with E-state index in [0.717, 1.165) is 12.8 Å². The Kier molecular flexibility index (Phi) is 18.3. The second kappa shape index (κ2) is 20.5.